The molecule has 1 aromatic carbocycles. The molecule has 2 unspecified atom stereocenters. The lowest BCUT2D eigenvalue weighted by molar-refractivity contribution is -0.140. The van der Waals surface area contributed by atoms with Gasteiger partial charge in [-0.2, -0.15) is 0 Å². The Morgan fingerprint density at radius 2 is 1.79 bits per heavy atom. The molecule has 29 heavy (non-hydrogen) atoms. The Bertz CT molecular complexity index is 865. The van der Waals surface area contributed by atoms with Crippen LogP contribution in [-0.2, 0) is 16.0 Å². The number of hydrogen-bond acceptors (Lipinski definition) is 5. The van der Waals surface area contributed by atoms with Crippen molar-refractivity contribution in [2.45, 2.75) is 31.8 Å². The van der Waals surface area contributed by atoms with E-state index in [0.717, 1.165) is 16.7 Å². The normalized spacial score (nSPS) is 22.0. The Morgan fingerprint density at radius 1 is 1.03 bits per heavy atom. The second-order valence-electron chi connectivity index (χ2n) is 7.73. The van der Waals surface area contributed by atoms with Crippen LogP contribution in [0.2, 0.25) is 0 Å². The molecule has 0 bridgehead atoms. The summed E-state index contributed by atoms with van der Waals surface area (Å²) >= 11 is 0. The van der Waals surface area contributed by atoms with Gasteiger partial charge in [-0.3, -0.25) is 14.6 Å². The van der Waals surface area contributed by atoms with Crippen LogP contribution >= 0.6 is 0 Å². The van der Waals surface area contributed by atoms with E-state index in [2.05, 4.69) is 15.8 Å². The summed E-state index contributed by atoms with van der Waals surface area (Å²) in [4.78, 5) is 33.4. The lowest BCUT2D eigenvalue weighted by atomic mass is 10.0. The van der Waals surface area contributed by atoms with Crippen molar-refractivity contribution >= 4 is 11.8 Å². The Balaban J connectivity index is 1.28. The average Bonchev–Trinajstić information content (AvgIpc) is 3.26. The quantitative estimate of drug-likeness (QED) is 0.817. The molecule has 0 spiro atoms. The summed E-state index contributed by atoms with van der Waals surface area (Å²) in [6, 6.07) is 11.7. The van der Waals surface area contributed by atoms with E-state index in [4.69, 9.17) is 0 Å². The highest BCUT2D eigenvalue weighted by atomic mass is 16.2. The number of rotatable bonds is 4. The topological polar surface area (TPSA) is 77.6 Å². The van der Waals surface area contributed by atoms with Crippen LogP contribution in [0.15, 0.2) is 48.8 Å². The summed E-state index contributed by atoms with van der Waals surface area (Å²) in [6.45, 7) is 4.36. The minimum atomic E-state index is -0.255. The molecule has 7 heteroatoms. The second kappa shape index (κ2) is 8.71. The fourth-order valence-corrected chi connectivity index (χ4v) is 4.00. The zero-order chi connectivity index (χ0) is 20.2. The van der Waals surface area contributed by atoms with Gasteiger partial charge < -0.3 is 9.80 Å². The molecular formula is C22H27N5O2. The van der Waals surface area contributed by atoms with Crippen molar-refractivity contribution in [3.05, 3.63) is 65.5 Å². The van der Waals surface area contributed by atoms with Gasteiger partial charge >= 0.3 is 0 Å². The summed E-state index contributed by atoms with van der Waals surface area (Å²) in [5, 5.41) is 0. The van der Waals surface area contributed by atoms with Crippen LogP contribution < -0.4 is 10.9 Å². The molecular weight excluding hydrogens is 366 g/mol. The molecule has 152 valence electrons. The zero-order valence-electron chi connectivity index (χ0n) is 16.7. The van der Waals surface area contributed by atoms with E-state index in [1.54, 1.807) is 6.20 Å². The number of benzene rings is 1. The SMILES string of the molecule is Cc1ccccc1CC(=O)N1CCN(C(=O)C2CC(c3cccnc3)NN2)CC1. The molecule has 2 aliphatic heterocycles. The van der Waals surface area contributed by atoms with Gasteiger partial charge in [-0.15, -0.1) is 0 Å². The first-order valence-corrected chi connectivity index (χ1v) is 10.1. The van der Waals surface area contributed by atoms with Gasteiger partial charge in [0.1, 0.15) is 6.04 Å². The number of piperazine rings is 1. The smallest absolute Gasteiger partial charge is 0.241 e. The summed E-state index contributed by atoms with van der Waals surface area (Å²) in [5.74, 6) is 0.221. The fourth-order valence-electron chi connectivity index (χ4n) is 4.00. The van der Waals surface area contributed by atoms with E-state index in [0.29, 0.717) is 39.0 Å². The van der Waals surface area contributed by atoms with E-state index in [9.17, 15) is 9.59 Å². The molecule has 0 saturated carbocycles. The summed E-state index contributed by atoms with van der Waals surface area (Å²) in [7, 11) is 0. The Morgan fingerprint density at radius 3 is 2.52 bits per heavy atom. The van der Waals surface area contributed by atoms with Crippen molar-refractivity contribution in [1.82, 2.24) is 25.6 Å². The van der Waals surface area contributed by atoms with Gasteiger partial charge in [0.05, 0.1) is 6.42 Å². The van der Waals surface area contributed by atoms with Crippen molar-refractivity contribution < 1.29 is 9.59 Å². The number of carbonyl (C=O) groups is 2. The van der Waals surface area contributed by atoms with Gasteiger partial charge in [-0.25, -0.2) is 10.9 Å². The number of hydrazine groups is 1. The molecule has 2 N–H and O–H groups in total. The molecule has 2 amide bonds. The molecule has 1 aromatic heterocycles. The van der Waals surface area contributed by atoms with Crippen LogP contribution in [-0.4, -0.2) is 58.8 Å². The first-order chi connectivity index (χ1) is 14.1. The standard InChI is InChI=1S/C22H27N5O2/c1-16-5-2-3-6-17(16)13-21(28)26-9-11-27(12-10-26)22(29)20-14-19(24-25-20)18-7-4-8-23-15-18/h2-8,15,19-20,24-25H,9-14H2,1H3. The number of aromatic nitrogens is 1. The maximum Gasteiger partial charge on any atom is 0.241 e. The Labute approximate surface area is 171 Å². The fraction of sp³-hybridized carbons (Fsp3) is 0.409. The third kappa shape index (κ3) is 4.46. The molecule has 2 aromatic rings. The molecule has 0 aliphatic carbocycles. The molecule has 2 fully saturated rings. The van der Waals surface area contributed by atoms with Crippen LogP contribution in [0.3, 0.4) is 0 Å². The predicted molar refractivity (Wildman–Crippen MR) is 110 cm³/mol. The molecule has 2 aliphatic rings. The summed E-state index contributed by atoms with van der Waals surface area (Å²) < 4.78 is 0. The molecule has 3 heterocycles. The Hall–Kier alpha value is -2.77. The minimum absolute atomic E-state index is 0.0784. The number of nitrogens with zero attached hydrogens (tertiary/aromatic N) is 3. The van der Waals surface area contributed by atoms with Gasteiger partial charge in [0.25, 0.3) is 0 Å². The zero-order valence-corrected chi connectivity index (χ0v) is 16.7. The van der Waals surface area contributed by atoms with E-state index in [1.807, 2.05) is 59.3 Å². The average molecular weight is 393 g/mol. The highest BCUT2D eigenvalue weighted by Gasteiger charge is 2.34. The van der Waals surface area contributed by atoms with E-state index >= 15 is 0 Å². The lowest BCUT2D eigenvalue weighted by Gasteiger charge is -2.36. The van der Waals surface area contributed by atoms with Crippen LogP contribution in [0.1, 0.15) is 29.2 Å². The highest BCUT2D eigenvalue weighted by molar-refractivity contribution is 5.83. The van der Waals surface area contributed by atoms with Gasteiger partial charge in [-0.05, 0) is 36.1 Å². The van der Waals surface area contributed by atoms with Crippen molar-refractivity contribution in [2.75, 3.05) is 26.2 Å². The van der Waals surface area contributed by atoms with Crippen LogP contribution in [0.5, 0.6) is 0 Å². The van der Waals surface area contributed by atoms with Gasteiger partial charge in [0.2, 0.25) is 11.8 Å². The van der Waals surface area contributed by atoms with E-state index < -0.39 is 0 Å². The van der Waals surface area contributed by atoms with Crippen molar-refractivity contribution in [3.63, 3.8) is 0 Å². The van der Waals surface area contributed by atoms with Gasteiger partial charge in [0, 0.05) is 44.6 Å². The second-order valence-corrected chi connectivity index (χ2v) is 7.73. The predicted octanol–water partition coefficient (Wildman–Crippen LogP) is 1.21. The van der Waals surface area contributed by atoms with Crippen molar-refractivity contribution in [3.8, 4) is 0 Å². The van der Waals surface area contributed by atoms with Crippen molar-refractivity contribution in [2.24, 2.45) is 0 Å². The lowest BCUT2D eigenvalue weighted by Crippen LogP contribution is -2.55. The maximum atomic E-state index is 12.9. The van der Waals surface area contributed by atoms with Crippen molar-refractivity contribution in [1.29, 1.82) is 0 Å². The first-order valence-electron chi connectivity index (χ1n) is 10.1. The van der Waals surface area contributed by atoms with Gasteiger partial charge in [0.15, 0.2) is 0 Å². The number of amides is 2. The molecule has 2 atom stereocenters. The first kappa shape index (κ1) is 19.5. The molecule has 4 rings (SSSR count). The number of aryl methyl sites for hydroxylation is 1. The van der Waals surface area contributed by atoms with Crippen LogP contribution in [0.25, 0.3) is 0 Å². The Kier molecular flexibility index (Phi) is 5.87. The molecule has 2 saturated heterocycles. The van der Waals surface area contributed by atoms with Crippen LogP contribution in [0, 0.1) is 6.92 Å². The minimum Gasteiger partial charge on any atom is -0.339 e. The number of nitrogens with one attached hydrogen (secondary N) is 2. The summed E-state index contributed by atoms with van der Waals surface area (Å²) in [5.41, 5.74) is 9.60. The van der Waals surface area contributed by atoms with E-state index in [1.165, 1.54) is 0 Å². The third-order valence-electron chi connectivity index (χ3n) is 5.84. The number of carbonyl (C=O) groups excluding carboxylic acids is 2. The number of hydrogen-bond donors (Lipinski definition) is 2. The highest BCUT2D eigenvalue weighted by Crippen LogP contribution is 2.22. The molecule has 0 radical (unpaired) electrons. The molecule has 7 nitrogen and oxygen atoms in total. The number of pyridine rings is 1. The maximum absolute atomic E-state index is 12.9. The van der Waals surface area contributed by atoms with E-state index in [-0.39, 0.29) is 23.9 Å². The monoisotopic (exact) mass is 393 g/mol. The van der Waals surface area contributed by atoms with Gasteiger partial charge in [-0.1, -0.05) is 30.3 Å². The van der Waals surface area contributed by atoms with Crippen LogP contribution in [0.4, 0.5) is 0 Å². The summed E-state index contributed by atoms with van der Waals surface area (Å²) in [6.07, 6.45) is 4.68. The largest absolute Gasteiger partial charge is 0.339 e. The third-order valence-corrected chi connectivity index (χ3v) is 5.84.